The summed E-state index contributed by atoms with van der Waals surface area (Å²) >= 11 is 1.69. The molecule has 0 radical (unpaired) electrons. The van der Waals surface area contributed by atoms with Crippen LogP contribution in [0.1, 0.15) is 25.6 Å². The molecule has 1 aliphatic rings. The first-order chi connectivity index (χ1) is 22.0. The van der Waals surface area contributed by atoms with Gasteiger partial charge in [-0.05, 0) is 61.9 Å². The van der Waals surface area contributed by atoms with Gasteiger partial charge in [-0.1, -0.05) is 91.5 Å². The van der Waals surface area contributed by atoms with Crippen LogP contribution in [0, 0.1) is 0 Å². The molecule has 3 heterocycles. The van der Waals surface area contributed by atoms with E-state index in [4.69, 9.17) is 16.5 Å². The van der Waals surface area contributed by atoms with Crippen LogP contribution >= 0.6 is 11.3 Å². The molecule has 45 heavy (non-hydrogen) atoms. The van der Waals surface area contributed by atoms with Gasteiger partial charge in [0.15, 0.2) is 0 Å². The van der Waals surface area contributed by atoms with E-state index in [9.17, 15) is 0 Å². The number of nitrogens with zero attached hydrogens (tertiary/aromatic N) is 3. The second-order valence-electron chi connectivity index (χ2n) is 10.8. The molecule has 6 aromatic rings. The van der Waals surface area contributed by atoms with Gasteiger partial charge in [0.05, 0.1) is 27.8 Å². The zero-order valence-electron chi connectivity index (χ0n) is 25.6. The van der Waals surface area contributed by atoms with E-state index in [0.29, 0.717) is 5.82 Å². The third-order valence-electron chi connectivity index (χ3n) is 8.00. The number of anilines is 3. The molecule has 0 spiro atoms. The van der Waals surface area contributed by atoms with E-state index in [1.54, 1.807) is 17.4 Å². The zero-order chi connectivity index (χ0) is 31.5. The first-order valence-electron chi connectivity index (χ1n) is 15.0. The first-order valence-corrected chi connectivity index (χ1v) is 15.8. The van der Waals surface area contributed by atoms with Crippen LogP contribution in [-0.4, -0.2) is 16.3 Å². The fraction of sp³-hybridized carbons (Fsp3) is 0.103. The lowest BCUT2D eigenvalue weighted by Crippen LogP contribution is -2.35. The minimum atomic E-state index is -0.147. The van der Waals surface area contributed by atoms with E-state index in [1.807, 2.05) is 38.1 Å². The van der Waals surface area contributed by atoms with Gasteiger partial charge in [-0.3, -0.25) is 9.56 Å². The Bertz CT molecular complexity index is 2050. The molecule has 0 saturated heterocycles. The predicted octanol–water partition coefficient (Wildman–Crippen LogP) is 9.96. The number of aliphatic imine (C=N–C) groups is 1. The summed E-state index contributed by atoms with van der Waals surface area (Å²) in [7, 11) is 0. The van der Waals surface area contributed by atoms with Crippen molar-refractivity contribution in [3.05, 3.63) is 146 Å². The number of hydrogen-bond acceptors (Lipinski definition) is 5. The second kappa shape index (κ2) is 12.7. The lowest BCUT2D eigenvalue weighted by atomic mass is 10.1. The molecule has 1 aliphatic heterocycles. The van der Waals surface area contributed by atoms with Gasteiger partial charge >= 0.3 is 0 Å². The van der Waals surface area contributed by atoms with Crippen molar-refractivity contribution < 1.29 is 0 Å². The fourth-order valence-electron chi connectivity index (χ4n) is 6.08. The Labute approximate surface area is 268 Å². The fourth-order valence-corrected chi connectivity index (χ4v) is 7.28. The van der Waals surface area contributed by atoms with Crippen LogP contribution in [0.2, 0.25) is 0 Å². The smallest absolute Gasteiger partial charge is 0.148 e. The van der Waals surface area contributed by atoms with E-state index in [-0.39, 0.29) is 12.2 Å². The van der Waals surface area contributed by atoms with Crippen LogP contribution in [0.25, 0.3) is 37.1 Å². The Morgan fingerprint density at radius 1 is 0.778 bits per heavy atom. The van der Waals surface area contributed by atoms with Crippen LogP contribution in [0.3, 0.4) is 0 Å². The summed E-state index contributed by atoms with van der Waals surface area (Å²) in [6.45, 7) is 11.3. The molecular weight excluding hydrogens is 571 g/mol. The van der Waals surface area contributed by atoms with Crippen molar-refractivity contribution in [2.45, 2.75) is 26.1 Å². The summed E-state index contributed by atoms with van der Waals surface area (Å²) in [5.41, 5.74) is 20.6. The van der Waals surface area contributed by atoms with Crippen molar-refractivity contribution in [1.29, 1.82) is 0 Å². The second-order valence-corrected chi connectivity index (χ2v) is 11.9. The molecule has 224 valence electrons. The van der Waals surface area contributed by atoms with E-state index < -0.39 is 0 Å². The van der Waals surface area contributed by atoms with Gasteiger partial charge < -0.3 is 16.4 Å². The Hall–Kier alpha value is -5.33. The highest BCUT2D eigenvalue weighted by Gasteiger charge is 2.34. The largest absolute Gasteiger partial charge is 0.397 e. The maximum atomic E-state index is 6.99. The summed E-state index contributed by atoms with van der Waals surface area (Å²) in [6, 6.07) is 35.6. The normalized spacial score (nSPS) is 16.1. The quantitative estimate of drug-likeness (QED) is 0.185. The molecule has 0 aliphatic carbocycles. The minimum absolute atomic E-state index is 0.0106. The number of allylic oxidation sites excluding steroid dienone is 2. The van der Waals surface area contributed by atoms with Crippen LogP contribution < -0.4 is 16.4 Å². The topological polar surface area (TPSA) is 72.6 Å². The number of rotatable bonds is 6. The summed E-state index contributed by atoms with van der Waals surface area (Å²) in [5.74, 6) is 0.676. The Morgan fingerprint density at radius 3 is 2.07 bits per heavy atom. The van der Waals surface area contributed by atoms with Crippen molar-refractivity contribution in [1.82, 2.24) is 4.57 Å². The maximum Gasteiger partial charge on any atom is 0.148 e. The Kier molecular flexibility index (Phi) is 8.41. The third kappa shape index (κ3) is 5.23. The molecule has 0 bridgehead atoms. The monoisotopic (exact) mass is 607 g/mol. The van der Waals surface area contributed by atoms with Crippen LogP contribution in [0.15, 0.2) is 146 Å². The number of para-hydroxylation sites is 1. The number of benzene rings is 4. The average molecular weight is 608 g/mol. The number of nitrogens with two attached hydrogens (primary N) is 2. The van der Waals surface area contributed by atoms with Gasteiger partial charge in [-0.2, -0.15) is 0 Å². The predicted molar refractivity (Wildman–Crippen MR) is 197 cm³/mol. The number of fused-ring (bicyclic) bond motifs is 2. The lowest BCUT2D eigenvalue weighted by molar-refractivity contribution is 0.696. The molecule has 6 heteroatoms. The average Bonchev–Trinajstić information content (AvgIpc) is 3.70. The zero-order valence-corrected chi connectivity index (χ0v) is 26.4. The highest BCUT2D eigenvalue weighted by molar-refractivity contribution is 7.23. The molecule has 0 amide bonds. The van der Waals surface area contributed by atoms with Crippen molar-refractivity contribution in [2.75, 3.05) is 16.4 Å². The van der Waals surface area contributed by atoms with Gasteiger partial charge in [-0.25, -0.2) is 0 Å². The van der Waals surface area contributed by atoms with Gasteiger partial charge in [0.1, 0.15) is 12.0 Å². The number of hydrogen-bond donors (Lipinski definition) is 2. The Morgan fingerprint density at radius 2 is 1.40 bits per heavy atom. The highest BCUT2D eigenvalue weighted by Crippen LogP contribution is 2.48. The first kappa shape index (κ1) is 29.7. The van der Waals surface area contributed by atoms with E-state index in [1.165, 1.54) is 0 Å². The molecule has 0 saturated carbocycles. The van der Waals surface area contributed by atoms with Gasteiger partial charge in [-0.15, -0.1) is 17.9 Å². The van der Waals surface area contributed by atoms with Gasteiger partial charge in [0.25, 0.3) is 0 Å². The van der Waals surface area contributed by atoms with Crippen LogP contribution in [-0.2, 0) is 0 Å². The van der Waals surface area contributed by atoms with Crippen molar-refractivity contribution in [2.24, 2.45) is 4.99 Å². The number of thiophene rings is 1. The van der Waals surface area contributed by atoms with Crippen molar-refractivity contribution in [3.63, 3.8) is 0 Å². The van der Waals surface area contributed by atoms with E-state index >= 15 is 0 Å². The summed E-state index contributed by atoms with van der Waals surface area (Å²) in [5, 5.41) is 2.15. The minimum Gasteiger partial charge on any atom is -0.397 e. The Balaban J connectivity index is 0.00000115. The third-order valence-corrected chi connectivity index (χ3v) is 9.20. The van der Waals surface area contributed by atoms with Gasteiger partial charge in [0, 0.05) is 32.4 Å². The van der Waals surface area contributed by atoms with E-state index in [0.717, 1.165) is 59.8 Å². The number of nitrogen functional groups attached to an aromatic ring is 2. The molecule has 5 nitrogen and oxygen atoms in total. The van der Waals surface area contributed by atoms with Crippen LogP contribution in [0.5, 0.6) is 0 Å². The number of aromatic nitrogens is 1. The van der Waals surface area contributed by atoms with E-state index in [2.05, 4.69) is 120 Å². The van der Waals surface area contributed by atoms with Crippen molar-refractivity contribution >= 4 is 55.2 Å². The molecule has 0 fully saturated rings. The highest BCUT2D eigenvalue weighted by atomic mass is 32.1. The summed E-state index contributed by atoms with van der Waals surface area (Å²) in [6.07, 6.45) is 7.72. The van der Waals surface area contributed by atoms with Crippen LogP contribution in [0.4, 0.5) is 17.2 Å². The molecule has 4 N–H and O–H groups in total. The van der Waals surface area contributed by atoms with Crippen molar-refractivity contribution in [3.8, 4) is 16.1 Å². The van der Waals surface area contributed by atoms with Gasteiger partial charge in [0.2, 0.25) is 0 Å². The molecule has 4 aromatic carbocycles. The standard InChI is InChI=1S/C36H31N5S.C3H6/c1-3-12-30-28(4-2)39-36(23-13-6-5-7-14-23)41(30)25-21-19-24(20-22-25)40-29-17-10-8-15-26(29)32(35(40)38)34-33(37)27-16-9-11-18-31(27)42-34;1-3-2/h3-22,30,36H,2,37-38H2,1H3;3H,1H2,2H3/b12-3-;. The SMILES string of the molecule is C=CC.C=CC1=NC(c2ccccc2)N(c2ccc(-n3c(N)c(-c4sc5ccccc5c4N)c4ccccc43)cc2)C1/C=C\C. The molecule has 2 atom stereocenters. The molecule has 2 unspecified atom stereocenters. The molecule has 7 rings (SSSR count). The summed E-state index contributed by atoms with van der Waals surface area (Å²) < 4.78 is 3.28. The molecular formula is C39H37N5S. The summed E-state index contributed by atoms with van der Waals surface area (Å²) in [4.78, 5) is 8.42. The lowest BCUT2D eigenvalue weighted by Gasteiger charge is -2.31. The maximum absolute atomic E-state index is 6.99. The molecule has 2 aromatic heterocycles.